The Morgan fingerprint density at radius 1 is 1.31 bits per heavy atom. The Labute approximate surface area is 78.5 Å². The van der Waals surface area contributed by atoms with E-state index in [0.29, 0.717) is 0 Å². The quantitative estimate of drug-likeness (QED) is 0.645. The molecule has 2 aliphatic rings. The predicted octanol–water partition coefficient (Wildman–Crippen LogP) is 1.38. The summed E-state index contributed by atoms with van der Waals surface area (Å²) in [6.45, 7) is 0.886. The van der Waals surface area contributed by atoms with Gasteiger partial charge in [0.2, 0.25) is 0 Å². The molecule has 2 atom stereocenters. The Kier molecular flexibility index (Phi) is 2.28. The predicted molar refractivity (Wildman–Crippen MR) is 49.6 cm³/mol. The van der Waals surface area contributed by atoms with Crippen molar-refractivity contribution in [1.82, 2.24) is 5.32 Å². The van der Waals surface area contributed by atoms with Crippen molar-refractivity contribution in [2.45, 2.75) is 44.6 Å². The molecule has 74 valence electrons. The number of nitrogens with one attached hydrogen (secondary N) is 1. The third-order valence-electron chi connectivity index (χ3n) is 3.67. The Balaban J connectivity index is 2.22. The van der Waals surface area contributed by atoms with Crippen LogP contribution in [0.1, 0.15) is 38.5 Å². The highest BCUT2D eigenvalue weighted by Crippen LogP contribution is 2.41. The van der Waals surface area contributed by atoms with Crippen molar-refractivity contribution >= 4 is 5.97 Å². The third kappa shape index (κ3) is 1.35. The fourth-order valence-electron chi connectivity index (χ4n) is 2.85. The highest BCUT2D eigenvalue weighted by Gasteiger charge is 2.48. The first kappa shape index (κ1) is 9.00. The van der Waals surface area contributed by atoms with Crippen LogP contribution in [0.4, 0.5) is 0 Å². The summed E-state index contributed by atoms with van der Waals surface area (Å²) in [6.07, 6.45) is 6.23. The molecule has 0 bridgehead atoms. The lowest BCUT2D eigenvalue weighted by Crippen LogP contribution is -2.41. The van der Waals surface area contributed by atoms with Gasteiger partial charge in [-0.25, -0.2) is 0 Å². The highest BCUT2D eigenvalue weighted by molar-refractivity contribution is 5.76. The second kappa shape index (κ2) is 3.29. The van der Waals surface area contributed by atoms with Crippen molar-refractivity contribution in [3.63, 3.8) is 0 Å². The lowest BCUT2D eigenvalue weighted by Gasteiger charge is -2.28. The maximum atomic E-state index is 11.3. The van der Waals surface area contributed by atoms with Gasteiger partial charge in [0.25, 0.3) is 0 Å². The van der Waals surface area contributed by atoms with Gasteiger partial charge >= 0.3 is 5.97 Å². The molecule has 2 N–H and O–H groups in total. The smallest absolute Gasteiger partial charge is 0.311 e. The van der Waals surface area contributed by atoms with Crippen LogP contribution in [0.15, 0.2) is 0 Å². The molecule has 3 nitrogen and oxygen atoms in total. The van der Waals surface area contributed by atoms with Gasteiger partial charge in [0.05, 0.1) is 5.41 Å². The van der Waals surface area contributed by atoms with Crippen molar-refractivity contribution in [2.75, 3.05) is 6.54 Å². The van der Waals surface area contributed by atoms with Crippen LogP contribution in [0.5, 0.6) is 0 Å². The van der Waals surface area contributed by atoms with E-state index < -0.39 is 11.4 Å². The van der Waals surface area contributed by atoms with Gasteiger partial charge < -0.3 is 10.4 Å². The fraction of sp³-hybridized carbons (Fsp3) is 0.900. The lowest BCUT2D eigenvalue weighted by atomic mass is 9.77. The number of carboxylic acid groups (broad SMARTS) is 1. The largest absolute Gasteiger partial charge is 0.481 e. The number of aliphatic carboxylic acids is 1. The molecular weight excluding hydrogens is 166 g/mol. The fourth-order valence-corrected chi connectivity index (χ4v) is 2.85. The van der Waals surface area contributed by atoms with Gasteiger partial charge in [0, 0.05) is 6.04 Å². The Hall–Kier alpha value is -0.570. The molecule has 0 aromatic rings. The van der Waals surface area contributed by atoms with Gasteiger partial charge in [-0.05, 0) is 25.8 Å². The minimum Gasteiger partial charge on any atom is -0.481 e. The molecule has 0 spiro atoms. The zero-order chi connectivity index (χ0) is 9.31. The number of carbonyl (C=O) groups is 1. The second-order valence-corrected chi connectivity index (χ2v) is 4.32. The SMILES string of the molecule is O=C(O)C12CCCCCC1NCC2. The summed E-state index contributed by atoms with van der Waals surface area (Å²) < 4.78 is 0. The maximum Gasteiger partial charge on any atom is 0.311 e. The van der Waals surface area contributed by atoms with E-state index >= 15 is 0 Å². The van der Waals surface area contributed by atoms with Crippen molar-refractivity contribution in [1.29, 1.82) is 0 Å². The number of carboxylic acids is 1. The van der Waals surface area contributed by atoms with E-state index in [0.717, 1.165) is 32.2 Å². The summed E-state index contributed by atoms with van der Waals surface area (Å²) in [7, 11) is 0. The first-order chi connectivity index (χ1) is 6.26. The van der Waals surface area contributed by atoms with E-state index in [2.05, 4.69) is 5.32 Å². The second-order valence-electron chi connectivity index (χ2n) is 4.32. The van der Waals surface area contributed by atoms with Gasteiger partial charge in [-0.15, -0.1) is 0 Å². The van der Waals surface area contributed by atoms with Gasteiger partial charge in [-0.3, -0.25) is 4.79 Å². The van der Waals surface area contributed by atoms with E-state index in [1.54, 1.807) is 0 Å². The zero-order valence-electron chi connectivity index (χ0n) is 7.88. The number of fused-ring (bicyclic) bond motifs is 1. The molecule has 1 aliphatic heterocycles. The average Bonchev–Trinajstić information content (AvgIpc) is 2.40. The van der Waals surface area contributed by atoms with Crippen molar-refractivity contribution in [2.24, 2.45) is 5.41 Å². The van der Waals surface area contributed by atoms with Crippen LogP contribution in [-0.2, 0) is 4.79 Å². The van der Waals surface area contributed by atoms with Crippen LogP contribution in [0.25, 0.3) is 0 Å². The Morgan fingerprint density at radius 2 is 2.15 bits per heavy atom. The van der Waals surface area contributed by atoms with Crippen molar-refractivity contribution in [3.8, 4) is 0 Å². The van der Waals surface area contributed by atoms with Gasteiger partial charge in [-0.2, -0.15) is 0 Å². The monoisotopic (exact) mass is 183 g/mol. The molecule has 0 aromatic carbocycles. The topological polar surface area (TPSA) is 49.3 Å². The summed E-state index contributed by atoms with van der Waals surface area (Å²) in [6, 6.07) is 0.243. The van der Waals surface area contributed by atoms with E-state index in [-0.39, 0.29) is 6.04 Å². The molecule has 0 radical (unpaired) electrons. The third-order valence-corrected chi connectivity index (χ3v) is 3.67. The van der Waals surface area contributed by atoms with E-state index in [4.69, 9.17) is 0 Å². The maximum absolute atomic E-state index is 11.3. The van der Waals surface area contributed by atoms with Gasteiger partial charge in [-0.1, -0.05) is 19.3 Å². The molecule has 2 unspecified atom stereocenters. The molecule has 1 aliphatic carbocycles. The van der Waals surface area contributed by atoms with Crippen molar-refractivity contribution in [3.05, 3.63) is 0 Å². The van der Waals surface area contributed by atoms with Crippen LogP contribution >= 0.6 is 0 Å². The van der Waals surface area contributed by atoms with E-state index in [1.807, 2.05) is 0 Å². The number of hydrogen-bond donors (Lipinski definition) is 2. The van der Waals surface area contributed by atoms with Crippen LogP contribution in [0.3, 0.4) is 0 Å². The molecule has 2 rings (SSSR count). The first-order valence-corrected chi connectivity index (χ1v) is 5.22. The molecule has 13 heavy (non-hydrogen) atoms. The molecule has 1 saturated carbocycles. The number of rotatable bonds is 1. The van der Waals surface area contributed by atoms with Crippen LogP contribution < -0.4 is 5.32 Å². The Bertz CT molecular complexity index is 217. The average molecular weight is 183 g/mol. The van der Waals surface area contributed by atoms with Crippen LogP contribution in [0, 0.1) is 5.41 Å². The molecule has 0 amide bonds. The van der Waals surface area contributed by atoms with Crippen LogP contribution in [0.2, 0.25) is 0 Å². The first-order valence-electron chi connectivity index (χ1n) is 5.22. The lowest BCUT2D eigenvalue weighted by molar-refractivity contribution is -0.150. The molecule has 3 heteroatoms. The molecule has 2 fully saturated rings. The zero-order valence-corrected chi connectivity index (χ0v) is 7.88. The summed E-state index contributed by atoms with van der Waals surface area (Å²) in [4.78, 5) is 11.3. The standard InChI is InChI=1S/C10H17NO2/c12-9(13)10-5-3-1-2-4-8(10)11-7-6-10/h8,11H,1-7H2,(H,12,13). The highest BCUT2D eigenvalue weighted by atomic mass is 16.4. The minimum atomic E-state index is -0.579. The minimum absolute atomic E-state index is 0.243. The van der Waals surface area contributed by atoms with Gasteiger partial charge in [0.1, 0.15) is 0 Å². The summed E-state index contributed by atoms with van der Waals surface area (Å²) in [5.74, 6) is -0.579. The Morgan fingerprint density at radius 3 is 2.92 bits per heavy atom. The molecular formula is C10H17NO2. The molecule has 1 saturated heterocycles. The van der Waals surface area contributed by atoms with E-state index in [9.17, 15) is 9.90 Å². The summed E-state index contributed by atoms with van der Waals surface area (Å²) >= 11 is 0. The van der Waals surface area contributed by atoms with Crippen molar-refractivity contribution < 1.29 is 9.90 Å². The normalized spacial score (nSPS) is 39.5. The molecule has 0 aromatic heterocycles. The van der Waals surface area contributed by atoms with E-state index in [1.165, 1.54) is 12.8 Å². The number of hydrogen-bond acceptors (Lipinski definition) is 2. The molecule has 1 heterocycles. The van der Waals surface area contributed by atoms with Gasteiger partial charge in [0.15, 0.2) is 0 Å². The summed E-state index contributed by atoms with van der Waals surface area (Å²) in [5.41, 5.74) is -0.420. The van der Waals surface area contributed by atoms with Crippen LogP contribution in [-0.4, -0.2) is 23.7 Å². The summed E-state index contributed by atoms with van der Waals surface area (Å²) in [5, 5.41) is 12.6.